The molecule has 18 heavy (non-hydrogen) atoms. The largest absolute Gasteiger partial charge is 3.00 e. The van der Waals surface area contributed by atoms with E-state index in [9.17, 15) is 0 Å². The van der Waals surface area contributed by atoms with Crippen LogP contribution in [0.5, 0.6) is 0 Å². The molecule has 0 atom stereocenters. The van der Waals surface area contributed by atoms with Crippen LogP contribution in [0.1, 0.15) is 40.5 Å². The molecule has 0 aliphatic rings. The summed E-state index contributed by atoms with van der Waals surface area (Å²) < 4.78 is 0. The van der Waals surface area contributed by atoms with E-state index >= 15 is 0 Å². The smallest absolute Gasteiger partial charge is 0.550 e. The molecule has 0 aliphatic heterocycles. The maximum absolute atomic E-state index is 8.89. The summed E-state index contributed by atoms with van der Waals surface area (Å²) in [5.74, 6) is -3.25. The second-order valence-electron chi connectivity index (χ2n) is 2.38. The zero-order valence-corrected chi connectivity index (χ0v) is 12.0. The van der Waals surface area contributed by atoms with Crippen LogP contribution in [0.25, 0.3) is 0 Å². The number of carbonyl (C=O) groups excluding carboxylic acids is 3. The Morgan fingerprint density at radius 1 is 0.944 bits per heavy atom. The average Bonchev–Trinajstić information content (AvgIpc) is 2.01. The molecule has 0 N–H and O–H groups in total. The Hall–Kier alpha value is -1.57. The Kier molecular flexibility index (Phi) is 49.1. The van der Waals surface area contributed by atoms with Gasteiger partial charge in [-0.05, 0) is 27.2 Å². The van der Waals surface area contributed by atoms with Crippen LogP contribution in [0.3, 0.4) is 0 Å². The maximum Gasteiger partial charge on any atom is 3.00 e. The molecule has 0 radical (unpaired) electrons. The van der Waals surface area contributed by atoms with Crippen LogP contribution < -0.4 is 15.3 Å². The topological polar surface area (TPSA) is 144 Å². The standard InChI is InChI=1S/C4H7N.3C2H4O2.Al/c1-2-3-4-5;3*1-2(3)4;/h2-3H2,1H3;3*1H3,(H,3,4);/q;;;;+3/p-3. The third-order valence-electron chi connectivity index (χ3n) is 0.362. The SMILES string of the molecule is CC(=O)[O-].CC(=O)[O-].CC(=O)[O-].CCCC#N.[Al+3]. The van der Waals surface area contributed by atoms with Gasteiger partial charge in [0.1, 0.15) is 0 Å². The number of carbonyl (C=O) groups is 3. The minimum absolute atomic E-state index is 0. The molecule has 0 amide bonds. The number of carboxylic acids is 3. The molecule has 0 aliphatic carbocycles. The van der Waals surface area contributed by atoms with Gasteiger partial charge in [0.15, 0.2) is 0 Å². The van der Waals surface area contributed by atoms with E-state index in [0.29, 0.717) is 6.42 Å². The third-order valence-corrected chi connectivity index (χ3v) is 0.362. The molecule has 0 spiro atoms. The fourth-order valence-corrected chi connectivity index (χ4v) is 0.112. The first-order valence-electron chi connectivity index (χ1n) is 4.51. The van der Waals surface area contributed by atoms with E-state index in [1.165, 1.54) is 0 Å². The minimum atomic E-state index is -1.08. The van der Waals surface area contributed by atoms with Crippen molar-refractivity contribution in [1.82, 2.24) is 0 Å². The number of nitriles is 1. The van der Waals surface area contributed by atoms with Gasteiger partial charge in [-0.15, -0.1) is 0 Å². The molecular formula is C10H16AlNO6. The van der Waals surface area contributed by atoms with Crippen LogP contribution in [0.15, 0.2) is 0 Å². The molecule has 0 aromatic rings. The van der Waals surface area contributed by atoms with E-state index in [4.69, 9.17) is 35.0 Å². The van der Waals surface area contributed by atoms with Gasteiger partial charge >= 0.3 is 17.4 Å². The van der Waals surface area contributed by atoms with Gasteiger partial charge in [0.05, 0.1) is 6.07 Å². The number of carboxylic acid groups (broad SMARTS) is 3. The van der Waals surface area contributed by atoms with Crippen LogP contribution in [-0.4, -0.2) is 35.3 Å². The average molecular weight is 273 g/mol. The summed E-state index contributed by atoms with van der Waals surface area (Å²) in [6, 6.07) is 2.02. The summed E-state index contributed by atoms with van der Waals surface area (Å²) in [6.07, 6.45) is 1.68. The predicted octanol–water partition coefficient (Wildman–Crippen LogP) is -2.80. The first-order valence-corrected chi connectivity index (χ1v) is 4.51. The van der Waals surface area contributed by atoms with Crippen molar-refractivity contribution in [1.29, 1.82) is 5.26 Å². The summed E-state index contributed by atoms with van der Waals surface area (Å²) >= 11 is 0. The Morgan fingerprint density at radius 3 is 1.11 bits per heavy atom. The summed E-state index contributed by atoms with van der Waals surface area (Å²) in [7, 11) is 0. The van der Waals surface area contributed by atoms with Gasteiger partial charge in [-0.25, -0.2) is 0 Å². The fraction of sp³-hybridized carbons (Fsp3) is 0.600. The molecule has 0 aromatic carbocycles. The first kappa shape index (κ1) is 29.9. The molecule has 0 heterocycles. The summed E-state index contributed by atoms with van der Waals surface area (Å²) in [4.78, 5) is 26.7. The summed E-state index contributed by atoms with van der Waals surface area (Å²) in [5.41, 5.74) is 0. The second-order valence-corrected chi connectivity index (χ2v) is 2.38. The van der Waals surface area contributed by atoms with Crippen molar-refractivity contribution >= 4 is 35.3 Å². The number of unbranched alkanes of at least 4 members (excludes halogenated alkanes) is 1. The van der Waals surface area contributed by atoms with Crippen LogP contribution in [0.4, 0.5) is 0 Å². The van der Waals surface area contributed by atoms with Gasteiger partial charge in [-0.2, -0.15) is 5.26 Å². The maximum atomic E-state index is 8.89. The molecule has 0 saturated carbocycles. The van der Waals surface area contributed by atoms with Crippen LogP contribution in [-0.2, 0) is 14.4 Å². The second kappa shape index (κ2) is 29.5. The molecule has 0 rings (SSSR count). The van der Waals surface area contributed by atoms with E-state index in [0.717, 1.165) is 27.2 Å². The van der Waals surface area contributed by atoms with Crippen molar-refractivity contribution in [2.75, 3.05) is 0 Å². The predicted molar refractivity (Wildman–Crippen MR) is 58.3 cm³/mol. The molecule has 0 fully saturated rings. The van der Waals surface area contributed by atoms with Gasteiger partial charge in [0.2, 0.25) is 0 Å². The number of nitrogens with zero attached hydrogens (tertiary/aromatic N) is 1. The molecular weight excluding hydrogens is 257 g/mol. The zero-order valence-electron chi connectivity index (χ0n) is 10.9. The van der Waals surface area contributed by atoms with Gasteiger partial charge in [-0.3, -0.25) is 0 Å². The fourth-order valence-electron chi connectivity index (χ4n) is 0.112. The quantitative estimate of drug-likeness (QED) is 0.469. The summed E-state index contributed by atoms with van der Waals surface area (Å²) in [6.45, 7) is 4.91. The first-order chi connectivity index (χ1) is 7.61. The third kappa shape index (κ3) is 13900. The van der Waals surface area contributed by atoms with E-state index in [-0.39, 0.29) is 17.4 Å². The van der Waals surface area contributed by atoms with Crippen molar-refractivity contribution in [3.63, 3.8) is 0 Å². The molecule has 0 unspecified atom stereocenters. The number of hydrogen-bond donors (Lipinski definition) is 0. The van der Waals surface area contributed by atoms with Gasteiger partial charge in [0.25, 0.3) is 0 Å². The molecule has 0 saturated heterocycles. The zero-order chi connectivity index (χ0) is 14.9. The monoisotopic (exact) mass is 273 g/mol. The van der Waals surface area contributed by atoms with E-state index in [2.05, 4.69) is 0 Å². The minimum Gasteiger partial charge on any atom is -0.550 e. The molecule has 100 valence electrons. The van der Waals surface area contributed by atoms with Crippen molar-refractivity contribution in [2.45, 2.75) is 40.5 Å². The van der Waals surface area contributed by atoms with Gasteiger partial charge in [0, 0.05) is 24.3 Å². The van der Waals surface area contributed by atoms with Crippen molar-refractivity contribution in [2.24, 2.45) is 0 Å². The van der Waals surface area contributed by atoms with Crippen molar-refractivity contribution < 1.29 is 29.7 Å². The summed E-state index contributed by atoms with van der Waals surface area (Å²) in [5, 5.41) is 34.5. The van der Waals surface area contributed by atoms with Crippen molar-refractivity contribution in [3.8, 4) is 6.07 Å². The van der Waals surface area contributed by atoms with Crippen LogP contribution in [0.2, 0.25) is 0 Å². The van der Waals surface area contributed by atoms with Crippen LogP contribution in [0, 0.1) is 11.3 Å². The molecule has 0 bridgehead atoms. The Bertz CT molecular complexity index is 209. The number of hydrogen-bond acceptors (Lipinski definition) is 7. The number of rotatable bonds is 1. The van der Waals surface area contributed by atoms with E-state index in [1.54, 1.807) is 0 Å². The molecule has 8 heteroatoms. The molecule has 7 nitrogen and oxygen atoms in total. The van der Waals surface area contributed by atoms with Crippen molar-refractivity contribution in [3.05, 3.63) is 0 Å². The van der Waals surface area contributed by atoms with Gasteiger partial charge < -0.3 is 29.7 Å². The van der Waals surface area contributed by atoms with Crippen LogP contribution >= 0.6 is 0 Å². The van der Waals surface area contributed by atoms with E-state index < -0.39 is 17.9 Å². The Balaban J connectivity index is -0.0000000412. The van der Waals surface area contributed by atoms with E-state index in [1.807, 2.05) is 13.0 Å². The molecule has 0 aromatic heterocycles. The Morgan fingerprint density at radius 2 is 1.11 bits per heavy atom. The number of aliphatic carboxylic acids is 3. The van der Waals surface area contributed by atoms with Gasteiger partial charge in [-0.1, -0.05) is 6.92 Å². The normalized spacial score (nSPS) is 5.94. The Labute approximate surface area is 117 Å².